The van der Waals surface area contributed by atoms with Gasteiger partial charge in [-0.1, -0.05) is 31.7 Å². The van der Waals surface area contributed by atoms with E-state index in [1.54, 1.807) is 0 Å². The van der Waals surface area contributed by atoms with E-state index in [0.29, 0.717) is 11.7 Å². The zero-order valence-electron chi connectivity index (χ0n) is 14.9. The summed E-state index contributed by atoms with van der Waals surface area (Å²) in [7, 11) is 0. The standard InChI is InChI=1S/C18H27N3OS/c1-11(2)14-7-8-15-16(9-14)20-18(19-15)23-10-17(22)21(12(3)4)13(5)6/h7-9,11-13H,10H2,1-6H3,(H,19,20). The summed E-state index contributed by atoms with van der Waals surface area (Å²) in [6.07, 6.45) is 0. The molecule has 0 aliphatic heterocycles. The number of amides is 1. The van der Waals surface area contributed by atoms with Gasteiger partial charge in [-0.05, 0) is 51.3 Å². The Morgan fingerprint density at radius 1 is 1.17 bits per heavy atom. The van der Waals surface area contributed by atoms with Crippen LogP contribution in [0.1, 0.15) is 53.0 Å². The van der Waals surface area contributed by atoms with Crippen LogP contribution >= 0.6 is 11.8 Å². The molecular weight excluding hydrogens is 306 g/mol. The van der Waals surface area contributed by atoms with Crippen molar-refractivity contribution in [3.05, 3.63) is 23.8 Å². The lowest BCUT2D eigenvalue weighted by Gasteiger charge is -2.30. The molecule has 0 spiro atoms. The molecule has 2 rings (SSSR count). The summed E-state index contributed by atoms with van der Waals surface area (Å²) in [5.74, 6) is 1.06. The van der Waals surface area contributed by atoms with E-state index in [9.17, 15) is 4.79 Å². The van der Waals surface area contributed by atoms with E-state index < -0.39 is 0 Å². The SMILES string of the molecule is CC(C)c1ccc2nc(SCC(=O)N(C(C)C)C(C)C)[nH]c2c1. The quantitative estimate of drug-likeness (QED) is 0.796. The molecule has 0 saturated heterocycles. The normalized spacial score (nSPS) is 11.9. The highest BCUT2D eigenvalue weighted by atomic mass is 32.2. The second kappa shape index (κ2) is 7.39. The Bertz CT molecular complexity index is 668. The molecule has 5 heteroatoms. The number of nitrogens with one attached hydrogen (secondary N) is 1. The largest absolute Gasteiger partial charge is 0.337 e. The van der Waals surface area contributed by atoms with Crippen molar-refractivity contribution in [1.82, 2.24) is 14.9 Å². The highest BCUT2D eigenvalue weighted by molar-refractivity contribution is 7.99. The van der Waals surface area contributed by atoms with E-state index >= 15 is 0 Å². The summed E-state index contributed by atoms with van der Waals surface area (Å²) in [5, 5.41) is 0.807. The van der Waals surface area contributed by atoms with Gasteiger partial charge in [-0.15, -0.1) is 0 Å². The third-order valence-corrected chi connectivity index (χ3v) is 4.74. The van der Waals surface area contributed by atoms with Gasteiger partial charge in [-0.2, -0.15) is 0 Å². The first-order chi connectivity index (χ1) is 10.8. The fourth-order valence-electron chi connectivity index (χ4n) is 2.81. The molecule has 4 nitrogen and oxygen atoms in total. The maximum atomic E-state index is 12.4. The molecule has 1 aromatic carbocycles. The van der Waals surface area contributed by atoms with E-state index in [1.807, 2.05) is 11.0 Å². The molecule has 0 aliphatic rings. The zero-order chi connectivity index (χ0) is 17.1. The molecule has 0 radical (unpaired) electrons. The van der Waals surface area contributed by atoms with E-state index in [-0.39, 0.29) is 18.0 Å². The van der Waals surface area contributed by atoms with Gasteiger partial charge in [-0.25, -0.2) is 4.98 Å². The number of hydrogen-bond donors (Lipinski definition) is 1. The summed E-state index contributed by atoms with van der Waals surface area (Å²) in [5.41, 5.74) is 3.28. The Morgan fingerprint density at radius 2 is 1.83 bits per heavy atom. The van der Waals surface area contributed by atoms with Crippen LogP contribution in [0.25, 0.3) is 11.0 Å². The van der Waals surface area contributed by atoms with Gasteiger partial charge < -0.3 is 9.88 Å². The van der Waals surface area contributed by atoms with Crippen LogP contribution in [0.2, 0.25) is 0 Å². The molecule has 0 aliphatic carbocycles. The molecule has 23 heavy (non-hydrogen) atoms. The van der Waals surface area contributed by atoms with E-state index in [0.717, 1.165) is 16.2 Å². The number of carbonyl (C=O) groups excluding carboxylic acids is 1. The Balaban J connectivity index is 2.08. The van der Waals surface area contributed by atoms with Gasteiger partial charge in [0, 0.05) is 12.1 Å². The Labute approximate surface area is 143 Å². The second-order valence-electron chi connectivity index (χ2n) is 6.75. The van der Waals surface area contributed by atoms with Crippen LogP contribution in [0.3, 0.4) is 0 Å². The lowest BCUT2D eigenvalue weighted by atomic mass is 10.0. The Morgan fingerprint density at radius 3 is 2.39 bits per heavy atom. The van der Waals surface area contributed by atoms with Crippen molar-refractivity contribution in [2.45, 2.75) is 64.7 Å². The van der Waals surface area contributed by atoms with Gasteiger partial charge in [0.25, 0.3) is 0 Å². The third kappa shape index (κ3) is 4.28. The minimum Gasteiger partial charge on any atom is -0.337 e. The first-order valence-corrected chi connectivity index (χ1v) is 9.21. The third-order valence-electron chi connectivity index (χ3n) is 3.88. The summed E-state index contributed by atoms with van der Waals surface area (Å²) in [6.45, 7) is 12.6. The predicted octanol–water partition coefficient (Wildman–Crippen LogP) is 4.42. The van der Waals surface area contributed by atoms with Crippen LogP contribution in [0.15, 0.2) is 23.4 Å². The Kier molecular flexibility index (Phi) is 5.74. The Hall–Kier alpha value is -1.49. The van der Waals surface area contributed by atoms with Crippen molar-refractivity contribution in [3.8, 4) is 0 Å². The molecular formula is C18H27N3OS. The second-order valence-corrected chi connectivity index (χ2v) is 7.71. The summed E-state index contributed by atoms with van der Waals surface area (Å²) in [6, 6.07) is 6.74. The number of thioether (sulfide) groups is 1. The van der Waals surface area contributed by atoms with Crippen LogP contribution in [0, 0.1) is 0 Å². The fourth-order valence-corrected chi connectivity index (χ4v) is 3.56. The van der Waals surface area contributed by atoms with Crippen molar-refractivity contribution >= 4 is 28.7 Å². The number of H-pyrrole nitrogens is 1. The number of imidazole rings is 1. The first kappa shape index (κ1) is 17.9. The molecule has 1 aromatic heterocycles. The lowest BCUT2D eigenvalue weighted by molar-refractivity contribution is -0.131. The molecule has 1 N–H and O–H groups in total. The van der Waals surface area contributed by atoms with Crippen LogP contribution in [-0.2, 0) is 4.79 Å². The van der Waals surface area contributed by atoms with E-state index in [4.69, 9.17) is 0 Å². The molecule has 126 valence electrons. The fraction of sp³-hybridized carbons (Fsp3) is 0.556. The number of hydrogen-bond acceptors (Lipinski definition) is 3. The van der Waals surface area contributed by atoms with Gasteiger partial charge in [0.05, 0.1) is 16.8 Å². The number of benzene rings is 1. The maximum Gasteiger partial charge on any atom is 0.233 e. The van der Waals surface area contributed by atoms with Gasteiger partial charge in [-0.3, -0.25) is 4.79 Å². The lowest BCUT2D eigenvalue weighted by Crippen LogP contribution is -2.43. The van der Waals surface area contributed by atoms with Crippen molar-refractivity contribution in [3.63, 3.8) is 0 Å². The molecule has 0 atom stereocenters. The number of nitrogens with zero attached hydrogens (tertiary/aromatic N) is 2. The average molecular weight is 334 g/mol. The minimum atomic E-state index is 0.156. The van der Waals surface area contributed by atoms with Crippen molar-refractivity contribution in [2.75, 3.05) is 5.75 Å². The zero-order valence-corrected chi connectivity index (χ0v) is 15.7. The topological polar surface area (TPSA) is 49.0 Å². The highest BCUT2D eigenvalue weighted by Gasteiger charge is 2.20. The summed E-state index contributed by atoms with van der Waals surface area (Å²) >= 11 is 1.47. The predicted molar refractivity (Wildman–Crippen MR) is 98.0 cm³/mol. The number of carbonyl (C=O) groups is 1. The van der Waals surface area contributed by atoms with Gasteiger partial charge >= 0.3 is 0 Å². The van der Waals surface area contributed by atoms with E-state index in [2.05, 4.69) is 63.6 Å². The number of aromatic amines is 1. The molecule has 0 unspecified atom stereocenters. The van der Waals surface area contributed by atoms with Crippen LogP contribution in [0.5, 0.6) is 0 Å². The van der Waals surface area contributed by atoms with E-state index in [1.165, 1.54) is 17.3 Å². The van der Waals surface area contributed by atoms with Crippen LogP contribution in [-0.4, -0.2) is 38.6 Å². The van der Waals surface area contributed by atoms with Gasteiger partial charge in [0.15, 0.2) is 5.16 Å². The van der Waals surface area contributed by atoms with Crippen molar-refractivity contribution in [2.24, 2.45) is 0 Å². The number of aromatic nitrogens is 2. The van der Waals surface area contributed by atoms with Crippen LogP contribution < -0.4 is 0 Å². The van der Waals surface area contributed by atoms with Gasteiger partial charge in [0.1, 0.15) is 0 Å². The monoisotopic (exact) mass is 333 g/mol. The highest BCUT2D eigenvalue weighted by Crippen LogP contribution is 2.24. The minimum absolute atomic E-state index is 0.156. The molecule has 0 bridgehead atoms. The maximum absolute atomic E-state index is 12.4. The molecule has 1 heterocycles. The van der Waals surface area contributed by atoms with Crippen molar-refractivity contribution in [1.29, 1.82) is 0 Å². The molecule has 0 saturated carbocycles. The van der Waals surface area contributed by atoms with Crippen molar-refractivity contribution < 1.29 is 4.79 Å². The summed E-state index contributed by atoms with van der Waals surface area (Å²) < 4.78 is 0. The smallest absolute Gasteiger partial charge is 0.233 e. The average Bonchev–Trinajstić information content (AvgIpc) is 2.85. The number of rotatable bonds is 6. The molecule has 2 aromatic rings. The van der Waals surface area contributed by atoms with Crippen LogP contribution in [0.4, 0.5) is 0 Å². The number of fused-ring (bicyclic) bond motifs is 1. The van der Waals surface area contributed by atoms with Gasteiger partial charge in [0.2, 0.25) is 5.91 Å². The summed E-state index contributed by atoms with van der Waals surface area (Å²) in [4.78, 5) is 22.2. The molecule has 0 fully saturated rings. The molecule has 1 amide bonds. The first-order valence-electron chi connectivity index (χ1n) is 8.23.